The highest BCUT2D eigenvalue weighted by Gasteiger charge is 2.33. The summed E-state index contributed by atoms with van der Waals surface area (Å²) >= 11 is 0. The van der Waals surface area contributed by atoms with E-state index in [1.54, 1.807) is 19.1 Å². The molecule has 1 aromatic carbocycles. The van der Waals surface area contributed by atoms with E-state index in [2.05, 4.69) is 13.8 Å². The fraction of sp³-hybridized carbons (Fsp3) is 0.538. The molecule has 0 bridgehead atoms. The molecule has 1 aliphatic rings. The largest absolute Gasteiger partial charge is 0.361 e. The van der Waals surface area contributed by atoms with Gasteiger partial charge in [-0.1, -0.05) is 26.0 Å². The maximum absolute atomic E-state index is 12.4. The highest BCUT2D eigenvalue weighted by Crippen LogP contribution is 2.23. The zero-order valence-electron chi connectivity index (χ0n) is 11.0. The zero-order chi connectivity index (χ0) is 13.3. The third-order valence-electron chi connectivity index (χ3n) is 3.23. The van der Waals surface area contributed by atoms with Crippen molar-refractivity contribution in [1.82, 2.24) is 4.31 Å². The third-order valence-corrected chi connectivity index (χ3v) is 5.19. The average molecular weight is 269 g/mol. The van der Waals surface area contributed by atoms with E-state index < -0.39 is 10.0 Å². The number of nitrogens with zero attached hydrogens (tertiary/aromatic N) is 1. The predicted molar refractivity (Wildman–Crippen MR) is 69.8 cm³/mol. The highest BCUT2D eigenvalue weighted by molar-refractivity contribution is 7.89. The van der Waals surface area contributed by atoms with E-state index in [9.17, 15) is 8.42 Å². The van der Waals surface area contributed by atoms with Gasteiger partial charge in [0, 0.05) is 6.54 Å². The quantitative estimate of drug-likeness (QED) is 0.845. The van der Waals surface area contributed by atoms with Gasteiger partial charge in [-0.2, -0.15) is 4.31 Å². The summed E-state index contributed by atoms with van der Waals surface area (Å²) in [5, 5.41) is 0. The topological polar surface area (TPSA) is 46.6 Å². The van der Waals surface area contributed by atoms with E-state index in [1.807, 2.05) is 12.1 Å². The number of hydrogen-bond donors (Lipinski definition) is 0. The summed E-state index contributed by atoms with van der Waals surface area (Å²) in [4.78, 5) is 0.337. The molecule has 100 valence electrons. The molecule has 0 aliphatic carbocycles. The van der Waals surface area contributed by atoms with Crippen LogP contribution in [0.15, 0.2) is 29.2 Å². The van der Waals surface area contributed by atoms with Crippen molar-refractivity contribution in [3.63, 3.8) is 0 Å². The van der Waals surface area contributed by atoms with Crippen LogP contribution in [0, 0.1) is 0 Å². The maximum atomic E-state index is 12.4. The van der Waals surface area contributed by atoms with Crippen molar-refractivity contribution in [3.05, 3.63) is 29.8 Å². The van der Waals surface area contributed by atoms with Crippen molar-refractivity contribution in [3.8, 4) is 0 Å². The highest BCUT2D eigenvalue weighted by atomic mass is 32.2. The Labute approximate surface area is 109 Å². The molecule has 0 aromatic heterocycles. The molecule has 1 unspecified atom stereocenters. The summed E-state index contributed by atoms with van der Waals surface area (Å²) in [5.74, 6) is 0.399. The fourth-order valence-corrected chi connectivity index (χ4v) is 3.57. The molecule has 18 heavy (non-hydrogen) atoms. The van der Waals surface area contributed by atoms with Crippen LogP contribution >= 0.6 is 0 Å². The Morgan fingerprint density at radius 2 is 1.89 bits per heavy atom. The first kappa shape index (κ1) is 13.5. The van der Waals surface area contributed by atoms with E-state index >= 15 is 0 Å². The van der Waals surface area contributed by atoms with Crippen molar-refractivity contribution in [2.24, 2.45) is 0 Å². The van der Waals surface area contributed by atoms with Crippen molar-refractivity contribution in [1.29, 1.82) is 0 Å². The summed E-state index contributed by atoms with van der Waals surface area (Å²) in [6.07, 6.45) is -0.375. The monoisotopic (exact) mass is 269 g/mol. The lowest BCUT2D eigenvalue weighted by atomic mass is 10.0. The van der Waals surface area contributed by atoms with Crippen LogP contribution < -0.4 is 0 Å². The minimum atomic E-state index is -3.42. The third kappa shape index (κ3) is 2.43. The Kier molecular flexibility index (Phi) is 3.75. The van der Waals surface area contributed by atoms with E-state index in [0.29, 0.717) is 24.0 Å². The molecule has 1 saturated heterocycles. The van der Waals surface area contributed by atoms with Crippen LogP contribution in [0.5, 0.6) is 0 Å². The molecule has 0 saturated carbocycles. The van der Waals surface area contributed by atoms with Crippen LogP contribution in [0.1, 0.15) is 32.3 Å². The summed E-state index contributed by atoms with van der Waals surface area (Å²) in [6.45, 7) is 6.81. The number of ether oxygens (including phenoxy) is 1. The minimum absolute atomic E-state index is 0.337. The molecule has 0 spiro atoms. The molecule has 1 heterocycles. The van der Waals surface area contributed by atoms with E-state index in [-0.39, 0.29) is 6.23 Å². The van der Waals surface area contributed by atoms with Gasteiger partial charge in [-0.15, -0.1) is 0 Å². The van der Waals surface area contributed by atoms with Gasteiger partial charge in [-0.25, -0.2) is 8.42 Å². The zero-order valence-corrected chi connectivity index (χ0v) is 11.8. The molecule has 0 radical (unpaired) electrons. The number of hydrogen-bond acceptors (Lipinski definition) is 3. The van der Waals surface area contributed by atoms with Crippen LogP contribution in [-0.2, 0) is 14.8 Å². The summed E-state index contributed by atoms with van der Waals surface area (Å²) < 4.78 is 31.4. The Balaban J connectivity index is 2.30. The normalized spacial score (nSPS) is 21.7. The van der Waals surface area contributed by atoms with Gasteiger partial charge in [0.25, 0.3) is 0 Å². The molecule has 1 atom stereocenters. The first-order valence-corrected chi connectivity index (χ1v) is 7.60. The number of sulfonamides is 1. The Morgan fingerprint density at radius 3 is 2.33 bits per heavy atom. The summed E-state index contributed by atoms with van der Waals surface area (Å²) in [7, 11) is -3.42. The first-order chi connectivity index (χ1) is 8.43. The van der Waals surface area contributed by atoms with Crippen molar-refractivity contribution in [2.45, 2.75) is 37.8 Å². The standard InChI is InChI=1S/C13H19NO3S/c1-10(2)12-4-6-13(7-5-12)18(15,16)14-8-9-17-11(14)3/h4-7,10-11H,8-9H2,1-3H3. The molecule has 1 aliphatic heterocycles. The van der Waals surface area contributed by atoms with Crippen LogP contribution in [0.3, 0.4) is 0 Å². The van der Waals surface area contributed by atoms with Gasteiger partial charge in [0.05, 0.1) is 11.5 Å². The van der Waals surface area contributed by atoms with Crippen molar-refractivity contribution < 1.29 is 13.2 Å². The number of benzene rings is 1. The van der Waals surface area contributed by atoms with Crippen molar-refractivity contribution in [2.75, 3.05) is 13.2 Å². The van der Waals surface area contributed by atoms with E-state index in [1.165, 1.54) is 4.31 Å². The van der Waals surface area contributed by atoms with Crippen LogP contribution in [-0.4, -0.2) is 32.1 Å². The SMILES string of the molecule is CC(C)c1ccc(S(=O)(=O)N2CCOC2C)cc1. The summed E-state index contributed by atoms with van der Waals surface area (Å²) in [5.41, 5.74) is 1.14. The molecule has 4 nitrogen and oxygen atoms in total. The van der Waals surface area contributed by atoms with Crippen LogP contribution in [0.4, 0.5) is 0 Å². The Hall–Kier alpha value is -0.910. The first-order valence-electron chi connectivity index (χ1n) is 6.16. The lowest BCUT2D eigenvalue weighted by Gasteiger charge is -2.19. The second-order valence-electron chi connectivity index (χ2n) is 4.81. The molecule has 0 amide bonds. The van der Waals surface area contributed by atoms with Gasteiger partial charge in [0.2, 0.25) is 10.0 Å². The fourth-order valence-electron chi connectivity index (χ4n) is 2.05. The predicted octanol–water partition coefficient (Wildman–Crippen LogP) is 2.18. The van der Waals surface area contributed by atoms with Crippen LogP contribution in [0.2, 0.25) is 0 Å². The van der Waals surface area contributed by atoms with Gasteiger partial charge in [0.15, 0.2) is 0 Å². The van der Waals surface area contributed by atoms with Gasteiger partial charge in [0.1, 0.15) is 6.23 Å². The van der Waals surface area contributed by atoms with Gasteiger partial charge in [-0.05, 0) is 30.5 Å². The lowest BCUT2D eigenvalue weighted by Crippen LogP contribution is -2.34. The van der Waals surface area contributed by atoms with Gasteiger partial charge in [-0.3, -0.25) is 0 Å². The van der Waals surface area contributed by atoms with E-state index in [4.69, 9.17) is 4.74 Å². The number of rotatable bonds is 3. The maximum Gasteiger partial charge on any atom is 0.245 e. The van der Waals surface area contributed by atoms with Crippen LogP contribution in [0.25, 0.3) is 0 Å². The van der Waals surface area contributed by atoms with Crippen molar-refractivity contribution >= 4 is 10.0 Å². The Bertz CT molecular complexity index is 508. The van der Waals surface area contributed by atoms with Gasteiger partial charge >= 0.3 is 0 Å². The molecule has 2 rings (SSSR count). The minimum Gasteiger partial charge on any atom is -0.361 e. The molecular formula is C13H19NO3S. The van der Waals surface area contributed by atoms with E-state index in [0.717, 1.165) is 5.56 Å². The Morgan fingerprint density at radius 1 is 1.28 bits per heavy atom. The molecule has 1 fully saturated rings. The molecule has 1 aromatic rings. The second-order valence-corrected chi connectivity index (χ2v) is 6.70. The molecular weight excluding hydrogens is 250 g/mol. The molecule has 5 heteroatoms. The molecule has 0 N–H and O–H groups in total. The van der Waals surface area contributed by atoms with Gasteiger partial charge < -0.3 is 4.74 Å². The lowest BCUT2D eigenvalue weighted by molar-refractivity contribution is 0.0846. The second kappa shape index (κ2) is 4.99. The summed E-state index contributed by atoms with van der Waals surface area (Å²) in [6, 6.07) is 7.10. The average Bonchev–Trinajstić information content (AvgIpc) is 2.76. The smallest absolute Gasteiger partial charge is 0.245 e.